The molecule has 0 unspecified atom stereocenters. The van der Waals surface area contributed by atoms with Crippen molar-refractivity contribution in [1.82, 2.24) is 5.32 Å². The molecule has 4 nitrogen and oxygen atoms in total. The van der Waals surface area contributed by atoms with Crippen LogP contribution in [0.5, 0.6) is 11.5 Å². The number of methoxy groups -OCH3 is 1. The summed E-state index contributed by atoms with van der Waals surface area (Å²) in [6.45, 7) is 2.56. The van der Waals surface area contributed by atoms with Crippen molar-refractivity contribution in [2.45, 2.75) is 45.3 Å². The molecule has 0 heterocycles. The van der Waals surface area contributed by atoms with Gasteiger partial charge in [-0.05, 0) is 54.7 Å². The summed E-state index contributed by atoms with van der Waals surface area (Å²) in [4.78, 5) is 12.0. The predicted molar refractivity (Wildman–Crippen MR) is 108 cm³/mol. The van der Waals surface area contributed by atoms with Crippen LogP contribution in [0.3, 0.4) is 0 Å². The first-order valence-corrected chi connectivity index (χ1v) is 9.49. The number of hydrogen-bond donors (Lipinski definition) is 1. The van der Waals surface area contributed by atoms with Crippen molar-refractivity contribution in [2.24, 2.45) is 0 Å². The van der Waals surface area contributed by atoms with Crippen molar-refractivity contribution < 1.29 is 14.3 Å². The molecular weight excluding hydrogens is 338 g/mol. The van der Waals surface area contributed by atoms with Gasteiger partial charge in [-0.2, -0.15) is 0 Å². The zero-order chi connectivity index (χ0) is 19.1. The molecule has 1 aliphatic carbocycles. The Morgan fingerprint density at radius 2 is 1.93 bits per heavy atom. The number of hydrogen-bond acceptors (Lipinski definition) is 3. The van der Waals surface area contributed by atoms with E-state index in [1.165, 1.54) is 18.4 Å². The molecule has 1 saturated carbocycles. The lowest BCUT2D eigenvalue weighted by Crippen LogP contribution is -2.30. The van der Waals surface area contributed by atoms with Crippen LogP contribution in [-0.4, -0.2) is 19.1 Å². The van der Waals surface area contributed by atoms with Gasteiger partial charge in [0.25, 0.3) is 0 Å². The monoisotopic (exact) mass is 365 g/mol. The van der Waals surface area contributed by atoms with Crippen molar-refractivity contribution in [3.8, 4) is 11.5 Å². The number of nitrogens with one attached hydrogen (secondary N) is 1. The van der Waals surface area contributed by atoms with E-state index in [0.29, 0.717) is 24.1 Å². The van der Waals surface area contributed by atoms with E-state index in [1.807, 2.05) is 30.3 Å². The fraction of sp³-hybridized carbons (Fsp3) is 0.348. The van der Waals surface area contributed by atoms with Gasteiger partial charge >= 0.3 is 0 Å². The molecule has 4 heteroatoms. The van der Waals surface area contributed by atoms with Crippen LogP contribution in [0.15, 0.2) is 48.5 Å². The Hall–Kier alpha value is -2.75. The number of carbonyl (C=O) groups is 1. The Balaban J connectivity index is 1.62. The smallest absolute Gasteiger partial charge is 0.244 e. The molecule has 1 amide bonds. The molecule has 0 aromatic heterocycles. The van der Waals surface area contributed by atoms with Gasteiger partial charge in [0.15, 0.2) is 11.5 Å². The average Bonchev–Trinajstić information content (AvgIpc) is 3.19. The molecule has 2 aromatic carbocycles. The van der Waals surface area contributed by atoms with Gasteiger partial charge in [0.05, 0.1) is 7.11 Å². The number of benzene rings is 2. The van der Waals surface area contributed by atoms with Crippen LogP contribution in [0.1, 0.15) is 42.4 Å². The van der Waals surface area contributed by atoms with E-state index in [0.717, 1.165) is 24.0 Å². The lowest BCUT2D eigenvalue weighted by Gasteiger charge is -2.12. The molecule has 2 aromatic rings. The topological polar surface area (TPSA) is 47.6 Å². The minimum absolute atomic E-state index is 0.0410. The van der Waals surface area contributed by atoms with Crippen molar-refractivity contribution in [2.75, 3.05) is 7.11 Å². The average molecular weight is 365 g/mol. The highest BCUT2D eigenvalue weighted by atomic mass is 16.5. The Kier molecular flexibility index (Phi) is 6.53. The van der Waals surface area contributed by atoms with Crippen molar-refractivity contribution in [3.05, 3.63) is 65.2 Å². The zero-order valence-corrected chi connectivity index (χ0v) is 16.0. The highest BCUT2D eigenvalue weighted by Crippen LogP contribution is 2.29. The Labute approximate surface area is 161 Å². The van der Waals surface area contributed by atoms with Crippen LogP contribution in [0.4, 0.5) is 0 Å². The summed E-state index contributed by atoms with van der Waals surface area (Å²) in [7, 11) is 1.62. The summed E-state index contributed by atoms with van der Waals surface area (Å²) in [6, 6.07) is 14.2. The third kappa shape index (κ3) is 5.36. The second-order valence-corrected chi connectivity index (χ2v) is 6.95. The summed E-state index contributed by atoms with van der Waals surface area (Å²) in [6.07, 6.45) is 7.96. The second kappa shape index (κ2) is 9.26. The van der Waals surface area contributed by atoms with Crippen LogP contribution in [0, 0.1) is 6.92 Å². The van der Waals surface area contributed by atoms with Gasteiger partial charge in [-0.25, -0.2) is 0 Å². The van der Waals surface area contributed by atoms with Gasteiger partial charge in [-0.15, -0.1) is 0 Å². The molecule has 0 bridgehead atoms. The van der Waals surface area contributed by atoms with Crippen molar-refractivity contribution >= 4 is 12.0 Å². The molecule has 27 heavy (non-hydrogen) atoms. The maximum atomic E-state index is 12.0. The Bertz CT molecular complexity index is 807. The fourth-order valence-electron chi connectivity index (χ4n) is 3.33. The summed E-state index contributed by atoms with van der Waals surface area (Å²) in [5.74, 6) is 1.30. The number of aryl methyl sites for hydroxylation is 1. The molecule has 0 aliphatic heterocycles. The van der Waals surface area contributed by atoms with Crippen molar-refractivity contribution in [1.29, 1.82) is 0 Å². The number of rotatable bonds is 7. The largest absolute Gasteiger partial charge is 0.493 e. The third-order valence-corrected chi connectivity index (χ3v) is 4.96. The third-order valence-electron chi connectivity index (χ3n) is 4.96. The van der Waals surface area contributed by atoms with Crippen LogP contribution in [0.2, 0.25) is 0 Å². The first-order chi connectivity index (χ1) is 13.2. The van der Waals surface area contributed by atoms with Gasteiger partial charge in [0.1, 0.15) is 6.61 Å². The number of amides is 1. The maximum Gasteiger partial charge on any atom is 0.244 e. The van der Waals surface area contributed by atoms with E-state index in [-0.39, 0.29) is 5.91 Å². The molecular formula is C23H27NO3. The van der Waals surface area contributed by atoms with Gasteiger partial charge in [-0.1, -0.05) is 43.2 Å². The van der Waals surface area contributed by atoms with Crippen LogP contribution in [0.25, 0.3) is 6.08 Å². The lowest BCUT2D eigenvalue weighted by molar-refractivity contribution is -0.117. The van der Waals surface area contributed by atoms with Crippen LogP contribution >= 0.6 is 0 Å². The molecule has 0 spiro atoms. The first kappa shape index (κ1) is 19.0. The standard InChI is InChI=1S/C23H27NO3/c1-17-7-3-4-8-19(17)16-27-21-13-11-18(15-22(21)26-2)12-14-23(25)24-20-9-5-6-10-20/h3-4,7-8,11-15,20H,5-6,9-10,16H2,1-2H3,(H,24,25)/b14-12+. The second-order valence-electron chi connectivity index (χ2n) is 6.95. The molecule has 3 rings (SSSR count). The normalized spacial score (nSPS) is 14.4. The van der Waals surface area contributed by atoms with Crippen molar-refractivity contribution in [3.63, 3.8) is 0 Å². The van der Waals surface area contributed by atoms with E-state index < -0.39 is 0 Å². The first-order valence-electron chi connectivity index (χ1n) is 9.49. The summed E-state index contributed by atoms with van der Waals surface area (Å²) in [5.41, 5.74) is 3.24. The SMILES string of the molecule is COc1cc(/C=C/C(=O)NC2CCCC2)ccc1OCc1ccccc1C. The summed E-state index contributed by atoms with van der Waals surface area (Å²) >= 11 is 0. The quantitative estimate of drug-likeness (QED) is 0.726. The van der Waals surface area contributed by atoms with E-state index in [4.69, 9.17) is 9.47 Å². The fourth-order valence-corrected chi connectivity index (χ4v) is 3.33. The van der Waals surface area contributed by atoms with Gasteiger partial charge in [0.2, 0.25) is 5.91 Å². The minimum atomic E-state index is -0.0410. The molecule has 142 valence electrons. The summed E-state index contributed by atoms with van der Waals surface area (Å²) < 4.78 is 11.4. The maximum absolute atomic E-state index is 12.0. The summed E-state index contributed by atoms with van der Waals surface area (Å²) in [5, 5.41) is 3.05. The molecule has 1 N–H and O–H groups in total. The Morgan fingerprint density at radius 1 is 1.15 bits per heavy atom. The van der Waals surface area contributed by atoms with Gasteiger partial charge < -0.3 is 14.8 Å². The Morgan fingerprint density at radius 3 is 2.67 bits per heavy atom. The van der Waals surface area contributed by atoms with E-state index >= 15 is 0 Å². The van der Waals surface area contributed by atoms with E-state index in [1.54, 1.807) is 19.3 Å². The molecule has 0 atom stereocenters. The molecule has 0 saturated heterocycles. The predicted octanol–water partition coefficient (Wildman–Crippen LogP) is 4.65. The number of carbonyl (C=O) groups excluding carboxylic acids is 1. The molecule has 1 fully saturated rings. The van der Waals surface area contributed by atoms with E-state index in [2.05, 4.69) is 24.4 Å². The van der Waals surface area contributed by atoms with E-state index in [9.17, 15) is 4.79 Å². The number of ether oxygens (including phenoxy) is 2. The zero-order valence-electron chi connectivity index (χ0n) is 16.0. The highest BCUT2D eigenvalue weighted by Gasteiger charge is 2.15. The van der Waals surface area contributed by atoms with Gasteiger partial charge in [-0.3, -0.25) is 4.79 Å². The highest BCUT2D eigenvalue weighted by molar-refractivity contribution is 5.92. The van der Waals surface area contributed by atoms with Crippen LogP contribution < -0.4 is 14.8 Å². The molecule has 1 aliphatic rings. The lowest BCUT2D eigenvalue weighted by atomic mass is 10.1. The minimum Gasteiger partial charge on any atom is -0.493 e. The molecule has 0 radical (unpaired) electrons. The van der Waals surface area contributed by atoms with Crippen LogP contribution in [-0.2, 0) is 11.4 Å². The van der Waals surface area contributed by atoms with Gasteiger partial charge in [0, 0.05) is 12.1 Å².